The molecule has 2 rings (SSSR count). The van der Waals surface area contributed by atoms with E-state index < -0.39 is 36.0 Å². The van der Waals surface area contributed by atoms with Gasteiger partial charge in [0.1, 0.15) is 18.1 Å². The van der Waals surface area contributed by atoms with Crippen LogP contribution in [0.4, 0.5) is 0 Å². The van der Waals surface area contributed by atoms with Gasteiger partial charge >= 0.3 is 17.9 Å². The number of benzene rings is 2. The molecular weight excluding hydrogens is 544 g/mol. The fraction of sp³-hybridized carbons (Fsp3) is 0.346. The topological polar surface area (TPSA) is 269 Å². The van der Waals surface area contributed by atoms with Crippen LogP contribution in [0.3, 0.4) is 0 Å². The first-order valence-electron chi connectivity index (χ1n) is 11.9. The number of halogens is 1. The lowest BCUT2D eigenvalue weighted by Gasteiger charge is -2.06. The Balaban J connectivity index is 0. The van der Waals surface area contributed by atoms with E-state index in [9.17, 15) is 19.2 Å². The first-order valence-corrected chi connectivity index (χ1v) is 12.3. The fourth-order valence-corrected chi connectivity index (χ4v) is 2.58. The number of hydrogen-bond donors (Lipinski definition) is 9. The summed E-state index contributed by atoms with van der Waals surface area (Å²) in [4.78, 5) is 40.2. The maximum atomic E-state index is 10.4. The number of carboxylic acids is 3. The van der Waals surface area contributed by atoms with Gasteiger partial charge < -0.3 is 43.6 Å². The van der Waals surface area contributed by atoms with Gasteiger partial charge in [-0.3, -0.25) is 24.6 Å². The molecule has 13 N–H and O–H groups in total. The normalized spacial score (nSPS) is 11.7. The maximum absolute atomic E-state index is 10.4. The largest absolute Gasteiger partial charge is 0.480 e. The van der Waals surface area contributed by atoms with E-state index >= 15 is 0 Å². The predicted octanol–water partition coefficient (Wildman–Crippen LogP) is 0.715. The molecular formula is C26H39ClN6O7. The number of hydrogen-bond acceptors (Lipinski definition) is 8. The maximum Gasteiger partial charge on any atom is 0.320 e. The summed E-state index contributed by atoms with van der Waals surface area (Å²) in [5.74, 6) is -3.03. The Morgan fingerprint density at radius 2 is 1.10 bits per heavy atom. The second-order valence-electron chi connectivity index (χ2n) is 8.17. The third-order valence-corrected chi connectivity index (χ3v) is 4.56. The standard InChI is InChI=1S/2C9H11NO2.C6H14N4O2.C2H3ClO/c2*10-8(9(11)12)6-7-4-2-1-3-5-7;7-4(5(11)12)2-1-3-10-6(8)9;1-2(3)4/h2*1-5,8H,6,10H2,(H,11,12);4H,1-3,7H2,(H,11,12)(H4,8,9,10);1H3. The summed E-state index contributed by atoms with van der Waals surface area (Å²) in [7, 11) is 0. The Hall–Kier alpha value is -4.04. The molecule has 13 nitrogen and oxygen atoms in total. The lowest BCUT2D eigenvalue weighted by molar-refractivity contribution is -0.139. The highest BCUT2D eigenvalue weighted by molar-refractivity contribution is 6.62. The van der Waals surface area contributed by atoms with E-state index in [-0.39, 0.29) is 11.2 Å². The van der Waals surface area contributed by atoms with Gasteiger partial charge in [0.25, 0.3) is 0 Å². The molecule has 3 atom stereocenters. The Morgan fingerprint density at radius 1 is 0.775 bits per heavy atom. The van der Waals surface area contributed by atoms with E-state index in [1.54, 1.807) is 0 Å². The molecule has 40 heavy (non-hydrogen) atoms. The monoisotopic (exact) mass is 582 g/mol. The van der Waals surface area contributed by atoms with Gasteiger partial charge in [-0.2, -0.15) is 0 Å². The summed E-state index contributed by atoms with van der Waals surface area (Å²) in [5, 5.41) is 34.4. The fourth-order valence-electron chi connectivity index (χ4n) is 2.58. The van der Waals surface area contributed by atoms with Crippen molar-refractivity contribution in [2.24, 2.45) is 22.9 Å². The zero-order chi connectivity index (χ0) is 31.1. The van der Waals surface area contributed by atoms with Crippen LogP contribution in [0.1, 0.15) is 30.9 Å². The van der Waals surface area contributed by atoms with E-state index in [1.165, 1.54) is 6.92 Å². The molecule has 14 heteroatoms. The summed E-state index contributed by atoms with van der Waals surface area (Å²) in [5.41, 5.74) is 22.8. The summed E-state index contributed by atoms with van der Waals surface area (Å²) >= 11 is 4.64. The number of nitrogens with two attached hydrogens (primary N) is 4. The van der Waals surface area contributed by atoms with Gasteiger partial charge in [0, 0.05) is 13.5 Å². The van der Waals surface area contributed by atoms with Crippen molar-refractivity contribution in [1.82, 2.24) is 5.32 Å². The van der Waals surface area contributed by atoms with Crippen LogP contribution >= 0.6 is 11.6 Å². The minimum absolute atomic E-state index is 0.112. The molecule has 0 aromatic heterocycles. The van der Waals surface area contributed by atoms with E-state index in [0.29, 0.717) is 32.2 Å². The van der Waals surface area contributed by atoms with Crippen molar-refractivity contribution >= 4 is 40.7 Å². The van der Waals surface area contributed by atoms with Gasteiger partial charge in [-0.1, -0.05) is 60.7 Å². The van der Waals surface area contributed by atoms with Gasteiger partial charge in [0.05, 0.1) is 0 Å². The number of aliphatic carboxylic acids is 3. The van der Waals surface area contributed by atoms with E-state index in [1.807, 2.05) is 60.7 Å². The molecule has 0 bridgehead atoms. The van der Waals surface area contributed by atoms with Crippen molar-refractivity contribution in [3.63, 3.8) is 0 Å². The average molecular weight is 583 g/mol. The van der Waals surface area contributed by atoms with Gasteiger partial charge in [-0.25, -0.2) is 0 Å². The average Bonchev–Trinajstić information content (AvgIpc) is 2.88. The molecule has 0 radical (unpaired) electrons. The number of carboxylic acid groups (broad SMARTS) is 3. The summed E-state index contributed by atoms with van der Waals surface area (Å²) in [6, 6.07) is 16.3. The van der Waals surface area contributed by atoms with Crippen molar-refractivity contribution < 1.29 is 34.5 Å². The molecule has 0 aliphatic carbocycles. The van der Waals surface area contributed by atoms with Crippen molar-refractivity contribution in [2.75, 3.05) is 6.54 Å². The summed E-state index contributed by atoms with van der Waals surface area (Å²) < 4.78 is 0. The Labute approximate surface area is 238 Å². The van der Waals surface area contributed by atoms with E-state index in [2.05, 4.69) is 16.9 Å². The van der Waals surface area contributed by atoms with Gasteiger partial charge in [-0.15, -0.1) is 0 Å². The first kappa shape index (κ1) is 38.1. The Morgan fingerprint density at radius 3 is 1.38 bits per heavy atom. The number of rotatable bonds is 11. The molecule has 2 aromatic carbocycles. The van der Waals surface area contributed by atoms with Crippen LogP contribution in [0.2, 0.25) is 0 Å². The molecule has 0 fully saturated rings. The van der Waals surface area contributed by atoms with Crippen molar-refractivity contribution in [3.8, 4) is 0 Å². The predicted molar refractivity (Wildman–Crippen MR) is 153 cm³/mol. The number of carbonyl (C=O) groups is 4. The molecule has 222 valence electrons. The highest BCUT2D eigenvalue weighted by Crippen LogP contribution is 2.02. The number of carbonyl (C=O) groups excluding carboxylic acids is 1. The Bertz CT molecular complexity index is 967. The van der Waals surface area contributed by atoms with Crippen molar-refractivity contribution in [2.45, 2.75) is 50.7 Å². The van der Waals surface area contributed by atoms with Crippen LogP contribution < -0.4 is 28.3 Å². The molecule has 0 aliphatic rings. The quantitative estimate of drug-likeness (QED) is 0.0766. The van der Waals surface area contributed by atoms with Crippen LogP contribution in [-0.4, -0.2) is 69.1 Å². The molecule has 0 amide bonds. The van der Waals surface area contributed by atoms with Gasteiger partial charge in [-0.05, 0) is 48.4 Å². The second-order valence-corrected chi connectivity index (χ2v) is 8.70. The zero-order valence-corrected chi connectivity index (χ0v) is 23.0. The van der Waals surface area contributed by atoms with E-state index in [0.717, 1.165) is 11.1 Å². The molecule has 0 aliphatic heterocycles. The minimum Gasteiger partial charge on any atom is -0.480 e. The molecule has 0 spiro atoms. The smallest absolute Gasteiger partial charge is 0.320 e. The highest BCUT2D eigenvalue weighted by atomic mass is 35.5. The molecule has 2 aromatic rings. The lowest BCUT2D eigenvalue weighted by atomic mass is 10.1. The van der Waals surface area contributed by atoms with Crippen LogP contribution in [0.25, 0.3) is 0 Å². The Kier molecular flexibility index (Phi) is 21.8. The second kappa shape index (κ2) is 22.9. The van der Waals surface area contributed by atoms with Crippen LogP contribution in [0.15, 0.2) is 60.7 Å². The zero-order valence-electron chi connectivity index (χ0n) is 22.2. The number of guanidine groups is 1. The minimum atomic E-state index is -1.00. The van der Waals surface area contributed by atoms with Crippen molar-refractivity contribution in [3.05, 3.63) is 71.8 Å². The van der Waals surface area contributed by atoms with Gasteiger partial charge in [0.2, 0.25) is 5.24 Å². The molecule has 3 unspecified atom stereocenters. The lowest BCUT2D eigenvalue weighted by Crippen LogP contribution is -2.34. The van der Waals surface area contributed by atoms with E-state index in [4.69, 9.17) is 43.7 Å². The molecule has 0 saturated heterocycles. The van der Waals surface area contributed by atoms with Crippen LogP contribution in [0.5, 0.6) is 0 Å². The van der Waals surface area contributed by atoms with Crippen LogP contribution in [0, 0.1) is 5.41 Å². The third kappa shape index (κ3) is 24.3. The molecule has 0 heterocycles. The first-order chi connectivity index (χ1) is 18.7. The van der Waals surface area contributed by atoms with Gasteiger partial charge in [0.15, 0.2) is 5.96 Å². The highest BCUT2D eigenvalue weighted by Gasteiger charge is 2.12. The summed E-state index contributed by atoms with van der Waals surface area (Å²) in [6.45, 7) is 1.78. The SMILES string of the molecule is CC(=O)Cl.N=C(N)NCCCC(N)C(=O)O.NC(Cc1ccccc1)C(=O)O.NC(Cc1ccccc1)C(=O)O. The third-order valence-electron chi connectivity index (χ3n) is 4.56. The van der Waals surface area contributed by atoms with Crippen molar-refractivity contribution in [1.29, 1.82) is 5.41 Å². The summed E-state index contributed by atoms with van der Waals surface area (Å²) in [6.07, 6.45) is 1.75. The molecule has 0 saturated carbocycles. The van der Waals surface area contributed by atoms with Crippen LogP contribution in [-0.2, 0) is 32.0 Å². The number of nitrogens with one attached hydrogen (secondary N) is 2.